The third-order valence-corrected chi connectivity index (χ3v) is 11.7. The van der Waals surface area contributed by atoms with Crippen molar-refractivity contribution in [1.29, 1.82) is 0 Å². The Hall–Kier alpha value is -3.18. The van der Waals surface area contributed by atoms with Gasteiger partial charge in [-0.15, -0.1) is 6.58 Å². The average Bonchev–Trinajstić information content (AvgIpc) is 3.88. The highest BCUT2D eigenvalue weighted by Crippen LogP contribution is 2.53. The predicted molar refractivity (Wildman–Crippen MR) is 162 cm³/mol. The average molecular weight is 614 g/mol. The highest BCUT2D eigenvalue weighted by Gasteiger charge is 2.67. The number of nitrogens with one attached hydrogen (secondary N) is 2. The number of alkyl carbamates (subject to hydrolysis) is 1. The number of cyclic esters (lactones) is 1. The molecule has 234 valence electrons. The Morgan fingerprint density at radius 3 is 2.67 bits per heavy atom. The molecule has 10 nitrogen and oxygen atoms in total. The minimum absolute atomic E-state index is 0.118. The molecule has 3 fully saturated rings. The largest absolute Gasteiger partial charge is 0.450 e. The number of carbonyl (C=O) groups excluding carboxylic acids is 3. The van der Waals surface area contributed by atoms with Crippen LogP contribution in [-0.4, -0.2) is 72.7 Å². The molecule has 2 aliphatic heterocycles. The molecule has 2 aliphatic carbocycles. The van der Waals surface area contributed by atoms with Crippen molar-refractivity contribution in [2.45, 2.75) is 94.2 Å². The van der Waals surface area contributed by atoms with Gasteiger partial charge < -0.3 is 25.0 Å². The summed E-state index contributed by atoms with van der Waals surface area (Å²) in [5, 5.41) is 5.12. The van der Waals surface area contributed by atoms with E-state index in [1.807, 2.05) is 57.2 Å². The van der Waals surface area contributed by atoms with Crippen molar-refractivity contribution in [2.24, 2.45) is 11.3 Å². The molecule has 0 aromatic heterocycles. The lowest BCUT2D eigenvalue weighted by Crippen LogP contribution is -2.59. The standard InChI is InChI=1S/C32H43N3O7S/c1-5-23-18-32(23,43(39,40)25-13-14-25)34-28(36)26-17-24-19-35(26)29(37)27(31(2,3)4)33-30(38)41-15-8-6-7-10-21-11-9-12-22(16-21)20-42-24/h5,7,9-12,16,23-27H,1,6,8,13-15,17-20H2,2-4H3,(H,33,38)(H,34,36)/b10-7+/t23-,24+,26-,27+,32-/m0/s1. The van der Waals surface area contributed by atoms with Crippen molar-refractivity contribution in [2.75, 3.05) is 13.2 Å². The van der Waals surface area contributed by atoms with E-state index in [0.717, 1.165) is 11.1 Å². The molecule has 3 amide bonds. The number of rotatable bonds is 5. The Kier molecular flexibility index (Phi) is 8.77. The maximum absolute atomic E-state index is 14.1. The molecule has 5 rings (SSSR count). The second-order valence-electron chi connectivity index (χ2n) is 13.2. The first-order valence-electron chi connectivity index (χ1n) is 15.1. The van der Waals surface area contributed by atoms with Crippen LogP contribution in [0.3, 0.4) is 0 Å². The number of sulfone groups is 1. The van der Waals surface area contributed by atoms with Gasteiger partial charge in [0.05, 0.1) is 24.6 Å². The van der Waals surface area contributed by atoms with Crippen LogP contribution < -0.4 is 10.6 Å². The summed E-state index contributed by atoms with van der Waals surface area (Å²) < 4.78 is 38.4. The van der Waals surface area contributed by atoms with E-state index in [4.69, 9.17) is 9.47 Å². The first kappa shape index (κ1) is 31.3. The van der Waals surface area contributed by atoms with Gasteiger partial charge in [-0.2, -0.15) is 0 Å². The van der Waals surface area contributed by atoms with Crippen LogP contribution in [0.4, 0.5) is 4.79 Å². The van der Waals surface area contributed by atoms with Crippen LogP contribution in [0.15, 0.2) is 43.0 Å². The minimum Gasteiger partial charge on any atom is -0.450 e. The zero-order chi connectivity index (χ0) is 31.0. The summed E-state index contributed by atoms with van der Waals surface area (Å²) in [5.41, 5.74) is 1.26. The summed E-state index contributed by atoms with van der Waals surface area (Å²) >= 11 is 0. The van der Waals surface area contributed by atoms with Crippen molar-refractivity contribution in [3.8, 4) is 0 Å². The third kappa shape index (κ3) is 6.67. The Balaban J connectivity index is 1.43. The van der Waals surface area contributed by atoms with Gasteiger partial charge >= 0.3 is 6.09 Å². The molecule has 2 N–H and O–H groups in total. The van der Waals surface area contributed by atoms with Gasteiger partial charge in [0.15, 0.2) is 9.84 Å². The third-order valence-electron chi connectivity index (χ3n) is 8.77. The quantitative estimate of drug-likeness (QED) is 0.484. The number of benzene rings is 1. The lowest BCUT2D eigenvalue weighted by molar-refractivity contribution is -0.142. The molecule has 1 aromatic rings. The van der Waals surface area contributed by atoms with Gasteiger partial charge in [-0.1, -0.05) is 57.2 Å². The first-order valence-corrected chi connectivity index (χ1v) is 16.7. The van der Waals surface area contributed by atoms with Crippen LogP contribution in [-0.2, 0) is 35.5 Å². The molecule has 0 unspecified atom stereocenters. The fraction of sp³-hybridized carbons (Fsp3) is 0.594. The van der Waals surface area contributed by atoms with Gasteiger partial charge in [-0.05, 0) is 54.7 Å². The monoisotopic (exact) mass is 613 g/mol. The molecule has 2 saturated carbocycles. The number of hydrogen-bond acceptors (Lipinski definition) is 7. The van der Waals surface area contributed by atoms with Gasteiger partial charge in [-0.25, -0.2) is 13.2 Å². The highest BCUT2D eigenvalue weighted by molar-refractivity contribution is 7.94. The van der Waals surface area contributed by atoms with E-state index >= 15 is 0 Å². The smallest absolute Gasteiger partial charge is 0.407 e. The molecular weight excluding hydrogens is 570 g/mol. The zero-order valence-corrected chi connectivity index (χ0v) is 26.0. The van der Waals surface area contributed by atoms with Crippen molar-refractivity contribution >= 4 is 33.8 Å². The van der Waals surface area contributed by atoms with Crippen LogP contribution in [0.2, 0.25) is 0 Å². The molecule has 0 radical (unpaired) electrons. The highest BCUT2D eigenvalue weighted by atomic mass is 32.2. The molecule has 2 heterocycles. The lowest BCUT2D eigenvalue weighted by Gasteiger charge is -2.35. The number of allylic oxidation sites excluding steroid dienone is 1. The van der Waals surface area contributed by atoms with Gasteiger partial charge in [-0.3, -0.25) is 9.59 Å². The van der Waals surface area contributed by atoms with Gasteiger partial charge in [0.2, 0.25) is 11.8 Å². The normalized spacial score (nSPS) is 31.2. The van der Waals surface area contributed by atoms with E-state index < -0.39 is 61.5 Å². The number of amides is 3. The molecule has 5 atom stereocenters. The van der Waals surface area contributed by atoms with Crippen LogP contribution in [0.1, 0.15) is 70.4 Å². The van der Waals surface area contributed by atoms with E-state index in [2.05, 4.69) is 17.2 Å². The molecule has 43 heavy (non-hydrogen) atoms. The second kappa shape index (κ2) is 12.1. The number of carbonyl (C=O) groups is 3. The Morgan fingerprint density at radius 1 is 1.23 bits per heavy atom. The summed E-state index contributed by atoms with van der Waals surface area (Å²) in [6.07, 6.45) is 7.39. The van der Waals surface area contributed by atoms with E-state index in [1.165, 1.54) is 4.90 Å². The predicted octanol–water partition coefficient (Wildman–Crippen LogP) is 3.72. The maximum Gasteiger partial charge on any atom is 0.407 e. The Bertz CT molecular complexity index is 1400. The van der Waals surface area contributed by atoms with Crippen molar-refractivity contribution in [3.05, 3.63) is 54.1 Å². The Morgan fingerprint density at radius 2 is 2.00 bits per heavy atom. The minimum atomic E-state index is -3.62. The van der Waals surface area contributed by atoms with Crippen molar-refractivity contribution in [1.82, 2.24) is 15.5 Å². The van der Waals surface area contributed by atoms with Crippen molar-refractivity contribution < 1.29 is 32.3 Å². The molecule has 0 spiro atoms. The first-order chi connectivity index (χ1) is 20.4. The van der Waals surface area contributed by atoms with E-state index in [-0.39, 0.29) is 38.5 Å². The fourth-order valence-electron chi connectivity index (χ4n) is 6.02. The SMILES string of the molecule is C=C[C@H]1C[C@]1(NC(=O)[C@@H]1C[C@@H]2CN1C(=O)[C@H](C(C)(C)C)NC(=O)OCCC/C=C/c1cccc(c1)CO2)S(=O)(=O)C1CC1. The molecule has 4 aliphatic rings. The Labute approximate surface area is 254 Å². The topological polar surface area (TPSA) is 131 Å². The van der Waals surface area contributed by atoms with E-state index in [9.17, 15) is 22.8 Å². The fourth-order valence-corrected chi connectivity index (χ4v) is 8.55. The number of nitrogens with zero attached hydrogens (tertiary/aromatic N) is 1. The summed E-state index contributed by atoms with van der Waals surface area (Å²) in [4.78, 5) is 40.9. The lowest BCUT2D eigenvalue weighted by atomic mass is 9.85. The van der Waals surface area contributed by atoms with Crippen LogP contribution in [0.5, 0.6) is 0 Å². The zero-order valence-electron chi connectivity index (χ0n) is 25.2. The second-order valence-corrected chi connectivity index (χ2v) is 15.7. The summed E-state index contributed by atoms with van der Waals surface area (Å²) in [6, 6.07) is 5.96. The number of fused-ring (bicyclic) bond motifs is 4. The number of hydrogen-bond donors (Lipinski definition) is 2. The maximum atomic E-state index is 14.1. The van der Waals surface area contributed by atoms with E-state index in [1.54, 1.807) is 6.08 Å². The number of ether oxygens (including phenoxy) is 2. The van der Waals surface area contributed by atoms with E-state index in [0.29, 0.717) is 25.7 Å². The molecular formula is C32H43N3O7S. The molecule has 1 saturated heterocycles. The summed E-state index contributed by atoms with van der Waals surface area (Å²) in [6.45, 7) is 9.86. The van der Waals surface area contributed by atoms with Gasteiger partial charge in [0.1, 0.15) is 17.0 Å². The van der Waals surface area contributed by atoms with Crippen LogP contribution >= 0.6 is 0 Å². The molecule has 1 aromatic carbocycles. The summed E-state index contributed by atoms with van der Waals surface area (Å²) in [7, 11) is -3.62. The summed E-state index contributed by atoms with van der Waals surface area (Å²) in [5.74, 6) is -1.37. The van der Waals surface area contributed by atoms with Crippen LogP contribution in [0, 0.1) is 11.3 Å². The van der Waals surface area contributed by atoms with Gasteiger partial charge in [0, 0.05) is 18.9 Å². The van der Waals surface area contributed by atoms with Crippen LogP contribution in [0.25, 0.3) is 6.08 Å². The molecule has 11 heteroatoms. The molecule has 4 bridgehead atoms. The van der Waals surface area contributed by atoms with Gasteiger partial charge in [0.25, 0.3) is 0 Å². The van der Waals surface area contributed by atoms with Crippen molar-refractivity contribution in [3.63, 3.8) is 0 Å².